The number of aryl methyl sites for hydroxylation is 1. The van der Waals surface area contributed by atoms with Gasteiger partial charge in [-0.15, -0.1) is 10.2 Å². The van der Waals surface area contributed by atoms with Gasteiger partial charge in [0.05, 0.1) is 10.6 Å². The number of rotatable bonds is 5. The second-order valence-electron chi connectivity index (χ2n) is 6.80. The summed E-state index contributed by atoms with van der Waals surface area (Å²) in [5.41, 5.74) is 2.86. The van der Waals surface area contributed by atoms with E-state index in [0.29, 0.717) is 15.2 Å². The van der Waals surface area contributed by atoms with E-state index in [0.717, 1.165) is 28.4 Å². The number of carbonyl (C=O) groups is 1. The third-order valence-corrected chi connectivity index (χ3v) is 6.41. The van der Waals surface area contributed by atoms with Crippen molar-refractivity contribution in [3.05, 3.63) is 70.1 Å². The first-order chi connectivity index (χ1) is 14.5. The van der Waals surface area contributed by atoms with Crippen LogP contribution in [0.1, 0.15) is 17.5 Å². The highest BCUT2D eigenvalue weighted by Gasteiger charge is 2.35. The van der Waals surface area contributed by atoms with Gasteiger partial charge in [0.25, 0.3) is 5.91 Å². The smallest absolute Gasteiger partial charge is 0.271 e. The van der Waals surface area contributed by atoms with Gasteiger partial charge in [-0.2, -0.15) is 4.99 Å². The Morgan fingerprint density at radius 2 is 1.80 bits per heavy atom. The molecule has 3 aromatic rings. The molecule has 2 heterocycles. The second kappa shape index (κ2) is 8.81. The lowest BCUT2D eigenvalue weighted by Crippen LogP contribution is -2.28. The van der Waals surface area contributed by atoms with Crippen LogP contribution in [0.25, 0.3) is 6.08 Å². The van der Waals surface area contributed by atoms with Crippen LogP contribution in [0.5, 0.6) is 0 Å². The molecule has 0 bridgehead atoms. The normalized spacial score (nSPS) is 16.6. The highest BCUT2D eigenvalue weighted by Crippen LogP contribution is 2.37. The van der Waals surface area contributed by atoms with Crippen molar-refractivity contribution >= 4 is 56.8 Å². The summed E-state index contributed by atoms with van der Waals surface area (Å²) < 4.78 is 0. The molecule has 1 aliphatic heterocycles. The molecule has 1 amide bonds. The maximum absolute atomic E-state index is 13.3. The SMILES string of the molecule is CCc1nnc(N=C2S/C(=C/c3ccc(N(C)C)cc3)C(=O)N2c2ccccc2)s1. The van der Waals surface area contributed by atoms with Gasteiger partial charge in [0, 0.05) is 19.8 Å². The molecule has 30 heavy (non-hydrogen) atoms. The van der Waals surface area contributed by atoms with Gasteiger partial charge in [-0.25, -0.2) is 0 Å². The maximum Gasteiger partial charge on any atom is 0.271 e. The quantitative estimate of drug-likeness (QED) is 0.529. The average molecular weight is 436 g/mol. The highest BCUT2D eigenvalue weighted by molar-refractivity contribution is 8.19. The van der Waals surface area contributed by atoms with Crippen LogP contribution in [0.15, 0.2) is 64.5 Å². The third-order valence-electron chi connectivity index (χ3n) is 4.48. The summed E-state index contributed by atoms with van der Waals surface area (Å²) in [5, 5.41) is 10.3. The number of hydrogen-bond acceptors (Lipinski definition) is 7. The molecular formula is C22H21N5OS2. The number of para-hydroxylation sites is 1. The number of amidine groups is 1. The third kappa shape index (κ3) is 4.29. The number of aromatic nitrogens is 2. The van der Waals surface area contributed by atoms with Crippen LogP contribution in [-0.4, -0.2) is 35.4 Å². The predicted molar refractivity (Wildman–Crippen MR) is 127 cm³/mol. The molecule has 1 saturated heterocycles. The molecule has 0 atom stereocenters. The lowest BCUT2D eigenvalue weighted by Gasteiger charge is -2.14. The zero-order valence-corrected chi connectivity index (χ0v) is 18.6. The van der Waals surface area contributed by atoms with Gasteiger partial charge in [-0.3, -0.25) is 9.69 Å². The molecule has 1 aliphatic rings. The summed E-state index contributed by atoms with van der Waals surface area (Å²) in [7, 11) is 4.00. The number of aliphatic imine (C=N–C) groups is 1. The van der Waals surface area contributed by atoms with Crippen LogP contribution < -0.4 is 9.80 Å². The Kier molecular flexibility index (Phi) is 5.96. The van der Waals surface area contributed by atoms with Crippen LogP contribution in [0.3, 0.4) is 0 Å². The van der Waals surface area contributed by atoms with E-state index in [9.17, 15) is 4.79 Å². The number of nitrogens with zero attached hydrogens (tertiary/aromatic N) is 5. The lowest BCUT2D eigenvalue weighted by atomic mass is 10.2. The summed E-state index contributed by atoms with van der Waals surface area (Å²) >= 11 is 2.80. The van der Waals surface area contributed by atoms with Crippen molar-refractivity contribution in [3.8, 4) is 0 Å². The van der Waals surface area contributed by atoms with Crippen molar-refractivity contribution in [2.45, 2.75) is 13.3 Å². The van der Waals surface area contributed by atoms with Crippen LogP contribution in [0.2, 0.25) is 0 Å². The van der Waals surface area contributed by atoms with E-state index in [-0.39, 0.29) is 5.91 Å². The van der Waals surface area contributed by atoms with E-state index >= 15 is 0 Å². The molecule has 0 N–H and O–H groups in total. The molecule has 0 radical (unpaired) electrons. The van der Waals surface area contributed by atoms with Crippen molar-refractivity contribution in [3.63, 3.8) is 0 Å². The maximum atomic E-state index is 13.3. The average Bonchev–Trinajstić information content (AvgIpc) is 3.33. The Morgan fingerprint density at radius 1 is 1.07 bits per heavy atom. The number of benzene rings is 2. The molecule has 4 rings (SSSR count). The molecule has 152 valence electrons. The minimum Gasteiger partial charge on any atom is -0.378 e. The summed E-state index contributed by atoms with van der Waals surface area (Å²) in [5.74, 6) is -0.0955. The van der Waals surface area contributed by atoms with Gasteiger partial charge in [0.2, 0.25) is 5.13 Å². The standard InChI is InChI=1S/C22H21N5OS2/c1-4-19-24-25-21(30-19)23-22-27(17-8-6-5-7-9-17)20(28)18(29-22)14-15-10-12-16(13-11-15)26(2)3/h5-14H,4H2,1-3H3/b18-14+,23-22?. The van der Waals surface area contributed by atoms with Gasteiger partial charge in [0.15, 0.2) is 5.17 Å². The summed E-state index contributed by atoms with van der Waals surface area (Å²) in [6.45, 7) is 2.03. The summed E-state index contributed by atoms with van der Waals surface area (Å²) in [6, 6.07) is 17.6. The van der Waals surface area contributed by atoms with Gasteiger partial charge in [-0.05, 0) is 54.1 Å². The Hall–Kier alpha value is -2.97. The number of thioether (sulfide) groups is 1. The Labute approximate surface area is 184 Å². The highest BCUT2D eigenvalue weighted by atomic mass is 32.2. The van der Waals surface area contributed by atoms with E-state index in [1.165, 1.54) is 23.1 Å². The molecule has 0 aliphatic carbocycles. The molecule has 8 heteroatoms. The minimum atomic E-state index is -0.0955. The number of anilines is 2. The second-order valence-corrected chi connectivity index (χ2v) is 8.85. The van der Waals surface area contributed by atoms with Crippen LogP contribution in [0, 0.1) is 0 Å². The fourth-order valence-corrected chi connectivity index (χ4v) is 4.58. The van der Waals surface area contributed by atoms with E-state index in [4.69, 9.17) is 0 Å². The lowest BCUT2D eigenvalue weighted by molar-refractivity contribution is -0.113. The van der Waals surface area contributed by atoms with Crippen LogP contribution in [-0.2, 0) is 11.2 Å². The largest absolute Gasteiger partial charge is 0.378 e. The zero-order valence-electron chi connectivity index (χ0n) is 16.9. The Morgan fingerprint density at radius 3 is 2.43 bits per heavy atom. The minimum absolute atomic E-state index is 0.0955. The number of hydrogen-bond donors (Lipinski definition) is 0. The molecular weight excluding hydrogens is 414 g/mol. The summed E-state index contributed by atoms with van der Waals surface area (Å²) in [6.07, 6.45) is 2.72. The summed E-state index contributed by atoms with van der Waals surface area (Å²) in [4.78, 5) is 22.2. The first-order valence-corrected chi connectivity index (χ1v) is 11.2. The van der Waals surface area contributed by atoms with E-state index < -0.39 is 0 Å². The van der Waals surface area contributed by atoms with E-state index in [1.54, 1.807) is 4.90 Å². The molecule has 0 saturated carbocycles. The van der Waals surface area contributed by atoms with Crippen molar-refractivity contribution in [1.82, 2.24) is 10.2 Å². The molecule has 2 aromatic carbocycles. The molecule has 1 aromatic heterocycles. The first kappa shape index (κ1) is 20.3. The van der Waals surface area contributed by atoms with Crippen molar-refractivity contribution in [2.75, 3.05) is 23.9 Å². The topological polar surface area (TPSA) is 61.7 Å². The van der Waals surface area contributed by atoms with Crippen molar-refractivity contribution in [2.24, 2.45) is 4.99 Å². The fraction of sp³-hybridized carbons (Fsp3) is 0.182. The van der Waals surface area contributed by atoms with Gasteiger partial charge >= 0.3 is 0 Å². The Bertz CT molecular complexity index is 1100. The van der Waals surface area contributed by atoms with Gasteiger partial charge in [0.1, 0.15) is 5.01 Å². The molecule has 6 nitrogen and oxygen atoms in total. The fourth-order valence-electron chi connectivity index (χ4n) is 2.89. The van der Waals surface area contributed by atoms with Crippen LogP contribution in [0.4, 0.5) is 16.5 Å². The number of carbonyl (C=O) groups excluding carboxylic acids is 1. The van der Waals surface area contributed by atoms with Crippen molar-refractivity contribution in [1.29, 1.82) is 0 Å². The predicted octanol–water partition coefficient (Wildman–Crippen LogP) is 4.98. The van der Waals surface area contributed by atoms with E-state index in [1.807, 2.05) is 86.6 Å². The zero-order chi connectivity index (χ0) is 21.1. The molecule has 0 unspecified atom stereocenters. The monoisotopic (exact) mass is 435 g/mol. The van der Waals surface area contributed by atoms with Crippen LogP contribution >= 0.6 is 23.1 Å². The molecule has 0 spiro atoms. The molecule has 1 fully saturated rings. The van der Waals surface area contributed by atoms with Gasteiger partial charge < -0.3 is 4.90 Å². The first-order valence-electron chi connectivity index (χ1n) is 9.52. The van der Waals surface area contributed by atoms with Crippen molar-refractivity contribution < 1.29 is 4.79 Å². The van der Waals surface area contributed by atoms with Gasteiger partial charge in [-0.1, -0.05) is 48.6 Å². The Balaban J connectivity index is 1.71. The van der Waals surface area contributed by atoms with E-state index in [2.05, 4.69) is 15.2 Å². The number of amides is 1.